The van der Waals surface area contributed by atoms with Gasteiger partial charge in [0.25, 0.3) is 0 Å². The van der Waals surface area contributed by atoms with Crippen LogP contribution in [0.2, 0.25) is 0 Å². The van der Waals surface area contributed by atoms with E-state index in [0.29, 0.717) is 28.9 Å². The van der Waals surface area contributed by atoms with Gasteiger partial charge in [0.1, 0.15) is 40.4 Å². The van der Waals surface area contributed by atoms with Gasteiger partial charge in [-0.1, -0.05) is 27.4 Å². The number of carbonyl (C=O) groups is 1. The molecule has 0 radical (unpaired) electrons. The number of carbonyl (C=O) groups excluding carboxylic acids is 1. The minimum absolute atomic E-state index is 0.0526. The molecule has 1 aliphatic rings. The van der Waals surface area contributed by atoms with Crippen molar-refractivity contribution in [3.63, 3.8) is 0 Å². The summed E-state index contributed by atoms with van der Waals surface area (Å²) in [6, 6.07) is 0. The van der Waals surface area contributed by atoms with E-state index >= 15 is 0 Å². The van der Waals surface area contributed by atoms with Gasteiger partial charge in [-0.05, 0) is 19.4 Å². The molecule has 0 saturated heterocycles. The van der Waals surface area contributed by atoms with Gasteiger partial charge in [-0.2, -0.15) is 0 Å². The second kappa shape index (κ2) is 8.13. The summed E-state index contributed by atoms with van der Waals surface area (Å²) in [5.41, 5.74) is 0.674. The Morgan fingerprint density at radius 1 is 1.16 bits per heavy atom. The highest BCUT2D eigenvalue weighted by atomic mass is 16.5. The van der Waals surface area contributed by atoms with Crippen LogP contribution in [-0.4, -0.2) is 27.2 Å². The largest absolute Gasteiger partial charge is 0.507 e. The molecule has 166 valence electrons. The Labute approximate surface area is 180 Å². The number of phenols is 2. The number of fused-ring (bicyclic) bond motifs is 1. The second-order valence-corrected chi connectivity index (χ2v) is 8.33. The van der Waals surface area contributed by atoms with E-state index in [4.69, 9.17) is 9.15 Å². The van der Waals surface area contributed by atoms with E-state index in [0.717, 1.165) is 0 Å². The highest BCUT2D eigenvalue weighted by Gasteiger charge is 2.36. The van der Waals surface area contributed by atoms with Crippen LogP contribution < -0.4 is 10.4 Å². The minimum Gasteiger partial charge on any atom is -0.507 e. The third kappa shape index (κ3) is 3.69. The highest BCUT2D eigenvalue weighted by Crippen LogP contribution is 2.49. The number of Topliss-reactive ketones (excluding diaryl/α,β-unsaturated/α-hetero) is 1. The lowest BCUT2D eigenvalue weighted by Crippen LogP contribution is -2.15. The van der Waals surface area contributed by atoms with Crippen molar-refractivity contribution >= 4 is 5.78 Å². The molecule has 0 saturated carbocycles. The van der Waals surface area contributed by atoms with Crippen LogP contribution in [-0.2, 0) is 19.3 Å². The number of hydrogen-bond acceptors (Lipinski definition) is 7. The molecule has 31 heavy (non-hydrogen) atoms. The first-order valence-corrected chi connectivity index (χ1v) is 10.3. The molecule has 0 spiro atoms. The maximum absolute atomic E-state index is 12.8. The van der Waals surface area contributed by atoms with Gasteiger partial charge in [0.15, 0.2) is 5.78 Å². The van der Waals surface area contributed by atoms with E-state index in [1.165, 1.54) is 0 Å². The zero-order valence-electron chi connectivity index (χ0n) is 18.5. The van der Waals surface area contributed by atoms with Crippen molar-refractivity contribution in [2.24, 2.45) is 5.92 Å². The summed E-state index contributed by atoms with van der Waals surface area (Å²) in [7, 11) is 0. The number of phenolic OH excluding ortho intramolecular Hbond substituents is 2. The van der Waals surface area contributed by atoms with Crippen LogP contribution in [0.4, 0.5) is 0 Å². The lowest BCUT2D eigenvalue weighted by Gasteiger charge is -2.18. The molecule has 0 unspecified atom stereocenters. The fraction of sp³-hybridized carbons (Fsp3) is 0.417. The number of aromatic hydroxyl groups is 3. The van der Waals surface area contributed by atoms with Crippen LogP contribution in [0.25, 0.3) is 0 Å². The normalized spacial score (nSPS) is 15.1. The Bertz CT molecular complexity index is 1140. The Morgan fingerprint density at radius 3 is 2.35 bits per heavy atom. The summed E-state index contributed by atoms with van der Waals surface area (Å²) < 4.78 is 11.3. The summed E-state index contributed by atoms with van der Waals surface area (Å²) in [4.78, 5) is 25.3. The van der Waals surface area contributed by atoms with Crippen LogP contribution in [0.5, 0.6) is 23.0 Å². The zero-order valence-corrected chi connectivity index (χ0v) is 18.5. The minimum atomic E-state index is -0.729. The molecule has 7 nitrogen and oxygen atoms in total. The molecule has 0 bridgehead atoms. The Morgan fingerprint density at radius 2 is 1.81 bits per heavy atom. The topological polar surface area (TPSA) is 117 Å². The smallest absolute Gasteiger partial charge is 0.343 e. The number of ketones is 1. The average molecular weight is 428 g/mol. The van der Waals surface area contributed by atoms with Gasteiger partial charge in [-0.3, -0.25) is 4.79 Å². The molecule has 1 atom stereocenters. The molecule has 2 heterocycles. The number of aryl methyl sites for hydroxylation is 1. The van der Waals surface area contributed by atoms with Crippen LogP contribution in [0.15, 0.2) is 21.4 Å². The van der Waals surface area contributed by atoms with Gasteiger partial charge >= 0.3 is 5.63 Å². The third-order valence-corrected chi connectivity index (χ3v) is 5.76. The van der Waals surface area contributed by atoms with Crippen molar-refractivity contribution in [3.8, 4) is 23.0 Å². The van der Waals surface area contributed by atoms with Crippen LogP contribution in [0, 0.1) is 12.8 Å². The van der Waals surface area contributed by atoms with Crippen molar-refractivity contribution in [1.82, 2.24) is 0 Å². The molecule has 1 aromatic heterocycles. The lowest BCUT2D eigenvalue weighted by molar-refractivity contribution is 0.0933. The van der Waals surface area contributed by atoms with Crippen molar-refractivity contribution in [2.75, 3.05) is 0 Å². The molecular formula is C24H28O7. The monoisotopic (exact) mass is 428 g/mol. The Hall–Kier alpha value is -3.22. The third-order valence-electron chi connectivity index (χ3n) is 5.76. The van der Waals surface area contributed by atoms with E-state index in [2.05, 4.69) is 6.58 Å². The van der Waals surface area contributed by atoms with E-state index in [1.54, 1.807) is 34.6 Å². The molecule has 0 fully saturated rings. The van der Waals surface area contributed by atoms with Crippen LogP contribution >= 0.6 is 0 Å². The molecule has 2 aromatic rings. The molecule has 1 aliphatic heterocycles. The zero-order chi connectivity index (χ0) is 23.2. The molecule has 7 heteroatoms. The predicted molar refractivity (Wildman–Crippen MR) is 115 cm³/mol. The van der Waals surface area contributed by atoms with Gasteiger partial charge in [0, 0.05) is 41.9 Å². The summed E-state index contributed by atoms with van der Waals surface area (Å²) in [5, 5.41) is 32.4. The van der Waals surface area contributed by atoms with E-state index in [1.807, 2.05) is 0 Å². The molecule has 1 aromatic carbocycles. The van der Waals surface area contributed by atoms with Crippen molar-refractivity contribution in [2.45, 2.75) is 60.0 Å². The Kier molecular flexibility index (Phi) is 5.89. The first-order chi connectivity index (χ1) is 14.5. The average Bonchev–Trinajstić information content (AvgIpc) is 3.16. The SMILES string of the molecule is C=C(C)[C@H]1Cc2c(O)c(C(=O)C(C)C)c(O)c(Cc3c(O)c(C)c(CC)oc3=O)c2O1. The first-order valence-electron chi connectivity index (χ1n) is 10.3. The fourth-order valence-corrected chi connectivity index (χ4v) is 3.85. The van der Waals surface area contributed by atoms with Gasteiger partial charge in [-0.25, -0.2) is 4.79 Å². The van der Waals surface area contributed by atoms with E-state index in [-0.39, 0.29) is 46.8 Å². The second-order valence-electron chi connectivity index (χ2n) is 8.33. The van der Waals surface area contributed by atoms with Crippen molar-refractivity contribution in [3.05, 3.63) is 56.1 Å². The Balaban J connectivity index is 2.27. The first kappa shape index (κ1) is 22.5. The molecule has 3 N–H and O–H groups in total. The van der Waals surface area contributed by atoms with E-state index < -0.39 is 29.2 Å². The fourth-order valence-electron chi connectivity index (χ4n) is 3.85. The van der Waals surface area contributed by atoms with Gasteiger partial charge < -0.3 is 24.5 Å². The summed E-state index contributed by atoms with van der Waals surface area (Å²) >= 11 is 0. The number of ether oxygens (including phenoxy) is 1. The summed E-state index contributed by atoms with van der Waals surface area (Å²) in [6.07, 6.45) is 0.0360. The van der Waals surface area contributed by atoms with Crippen LogP contribution in [0.3, 0.4) is 0 Å². The quantitative estimate of drug-likeness (QED) is 0.471. The molecule has 3 rings (SSSR count). The lowest BCUT2D eigenvalue weighted by atomic mass is 9.90. The number of hydrogen-bond donors (Lipinski definition) is 3. The maximum Gasteiger partial charge on any atom is 0.343 e. The van der Waals surface area contributed by atoms with Gasteiger partial charge in [-0.15, -0.1) is 0 Å². The van der Waals surface area contributed by atoms with E-state index in [9.17, 15) is 24.9 Å². The number of benzene rings is 1. The van der Waals surface area contributed by atoms with Crippen LogP contribution in [0.1, 0.15) is 66.1 Å². The van der Waals surface area contributed by atoms with Crippen molar-refractivity contribution < 1.29 is 29.3 Å². The molecule has 0 aliphatic carbocycles. The van der Waals surface area contributed by atoms with Gasteiger partial charge in [0.2, 0.25) is 0 Å². The van der Waals surface area contributed by atoms with Crippen molar-refractivity contribution in [1.29, 1.82) is 0 Å². The van der Waals surface area contributed by atoms with Gasteiger partial charge in [0.05, 0.1) is 5.56 Å². The summed E-state index contributed by atoms with van der Waals surface area (Å²) in [6.45, 7) is 12.4. The molecule has 0 amide bonds. The molecular weight excluding hydrogens is 400 g/mol. The number of rotatable bonds is 6. The predicted octanol–water partition coefficient (Wildman–Crippen LogP) is 3.94. The summed E-state index contributed by atoms with van der Waals surface area (Å²) in [5.74, 6) is -1.36. The standard InChI is InChI=1S/C24H28O7/c1-7-16-12(6)20(26)15(24(29)31-16)8-13-21(27)18(19(25)11(4)5)22(28)14-9-17(10(2)3)30-23(13)14/h11,17,26-28H,2,7-9H2,1,3-6H3/t17-/m1/s1. The highest BCUT2D eigenvalue weighted by molar-refractivity contribution is 6.03. The maximum atomic E-state index is 12.8.